The summed E-state index contributed by atoms with van der Waals surface area (Å²) in [5, 5.41) is 15.1. The van der Waals surface area contributed by atoms with Crippen LogP contribution in [0.2, 0.25) is 0 Å². The van der Waals surface area contributed by atoms with Crippen LogP contribution < -0.4 is 22.0 Å². The fraction of sp³-hybridized carbons (Fsp3) is 0.778. The Labute approximate surface area is 422 Å². The minimum absolute atomic E-state index is 0. The largest absolute Gasteiger partial charge is 0.390 e. The monoisotopic (exact) mass is 1050 g/mol. The predicted octanol–water partition coefficient (Wildman–Crippen LogP) is 8.19. The van der Waals surface area contributed by atoms with Crippen LogP contribution >= 0.6 is 54.4 Å². The van der Waals surface area contributed by atoms with Gasteiger partial charge in [-0.15, -0.1) is 0 Å². The Bertz CT molecular complexity index is 2130. The van der Waals surface area contributed by atoms with E-state index in [1.165, 1.54) is 73.2 Å². The topological polar surface area (TPSA) is 201 Å². The minimum Gasteiger partial charge on any atom is -0.390 e. The average Bonchev–Trinajstić information content (AvgIpc) is 4.09. The molecule has 384 valence electrons. The SMILES string of the molecule is C.CC[C@H]1O[C@@H](n2ccc(NC(=O)C(C)C)nc2=O)CC1O.CC[C@H]1O[C@@H](n2ccc(NC(=O)C(C)C)nc2=O)CC1OP1OC2(CCCC2)[C@@H]2CCN21.ClP1OC2(CCCC2)[C@@H]2CCN21.S.S. The van der Waals surface area contributed by atoms with E-state index < -0.39 is 46.1 Å². The first kappa shape index (κ1) is 57.1. The summed E-state index contributed by atoms with van der Waals surface area (Å²) in [6.45, 7) is 13.3. The van der Waals surface area contributed by atoms with E-state index in [0.717, 1.165) is 25.8 Å². The van der Waals surface area contributed by atoms with E-state index in [0.29, 0.717) is 31.3 Å². The summed E-state index contributed by atoms with van der Waals surface area (Å²) >= 11 is 6.15. The summed E-state index contributed by atoms with van der Waals surface area (Å²) in [5.74, 6) is -0.257. The zero-order valence-electron chi connectivity index (χ0n) is 39.5. The van der Waals surface area contributed by atoms with Crippen molar-refractivity contribution in [1.29, 1.82) is 0 Å². The summed E-state index contributed by atoms with van der Waals surface area (Å²) in [7, 11) is -1.81. The number of anilines is 2. The second-order valence-corrected chi connectivity index (χ2v) is 22.6. The molecule has 68 heavy (non-hydrogen) atoms. The van der Waals surface area contributed by atoms with Gasteiger partial charge in [-0.25, -0.2) is 18.9 Å². The van der Waals surface area contributed by atoms with Gasteiger partial charge in [0.2, 0.25) is 19.5 Å². The first-order chi connectivity index (χ1) is 31.1. The Morgan fingerprint density at radius 3 is 1.65 bits per heavy atom. The van der Waals surface area contributed by atoms with E-state index in [1.807, 2.05) is 6.92 Å². The molecule has 3 N–H and O–H groups in total. The standard InChI is InChI=1S/C22H33N4O5P.C14H21N3O4.C8H13ClNOP.CH4.2H2S/c1-4-15-16(30-32-26-12-7-17(26)22(31-32)9-5-6-10-22)13-19(29-15)25-11-8-18(24-21(25)28)23-20(27)14(2)3;1-4-10-9(18)7-12(21-10)17-6-5-11(16-14(17)20)15-13(19)8(2)3;9-12-10-6-3-7(10)8(11-12)4-1-2-5-8;;;/h8,11,14-17,19H,4-7,9-10,12-13H2,1-3H3,(H,23,24,27,28);5-6,8-10,12,18H,4,7H2,1-3H3,(H,15,16,19,20);7H,1-6H2;1H4;2*1H2/t15-,16?,17+,19-,32?;9?,10-,12-;7-,12?;;;/m110.../s1. The van der Waals surface area contributed by atoms with Gasteiger partial charge in [0.05, 0.1) is 35.6 Å². The van der Waals surface area contributed by atoms with Crippen molar-refractivity contribution < 1.29 is 37.7 Å². The van der Waals surface area contributed by atoms with Crippen LogP contribution in [-0.4, -0.2) is 106 Å². The maximum atomic E-state index is 12.6. The molecule has 0 bridgehead atoms. The Balaban J connectivity index is 0.000000206. The van der Waals surface area contributed by atoms with Crippen LogP contribution in [0, 0.1) is 11.8 Å². The number of rotatable bonds is 10. The highest BCUT2D eigenvalue weighted by Gasteiger charge is 2.61. The molecule has 2 aromatic heterocycles. The quantitative estimate of drug-likeness (QED) is 0.192. The molecule has 18 nitrogen and oxygen atoms in total. The summed E-state index contributed by atoms with van der Waals surface area (Å²) in [5.41, 5.74) is -0.749. The maximum absolute atomic E-state index is 12.6. The van der Waals surface area contributed by atoms with E-state index in [1.54, 1.807) is 46.0 Å². The maximum Gasteiger partial charge on any atom is 0.351 e. The molecular formula is C45H75ClN8O10P2S2. The molecule has 10 atom stereocenters. The second-order valence-electron chi connectivity index (χ2n) is 19.2. The molecule has 2 spiro atoms. The number of fused-ring (bicyclic) bond motifs is 4. The zero-order valence-corrected chi connectivity index (χ0v) is 44.0. The van der Waals surface area contributed by atoms with Crippen molar-refractivity contribution >= 4 is 77.9 Å². The average molecular weight is 1050 g/mol. The van der Waals surface area contributed by atoms with Gasteiger partial charge in [0.1, 0.15) is 24.1 Å². The Morgan fingerprint density at radius 2 is 1.24 bits per heavy atom. The highest BCUT2D eigenvalue weighted by Crippen LogP contribution is 2.67. The molecule has 10 rings (SSSR count). The zero-order chi connectivity index (χ0) is 46.2. The van der Waals surface area contributed by atoms with Crippen LogP contribution in [0.25, 0.3) is 0 Å². The summed E-state index contributed by atoms with van der Waals surface area (Å²) in [4.78, 5) is 56.0. The molecule has 23 heteroatoms. The van der Waals surface area contributed by atoms with Crippen molar-refractivity contribution in [2.45, 2.75) is 199 Å². The minimum atomic E-state index is -1.08. The van der Waals surface area contributed by atoms with Gasteiger partial charge >= 0.3 is 11.4 Å². The van der Waals surface area contributed by atoms with Gasteiger partial charge < -0.3 is 38.8 Å². The fourth-order valence-electron chi connectivity index (χ4n) is 10.3. The number of halogens is 1. The van der Waals surface area contributed by atoms with Gasteiger partial charge in [0.25, 0.3) is 8.53 Å². The second kappa shape index (κ2) is 24.3. The third-order valence-electron chi connectivity index (χ3n) is 14.3. The highest BCUT2D eigenvalue weighted by molar-refractivity contribution is 7.78. The smallest absolute Gasteiger partial charge is 0.351 e. The molecular weight excluding hydrogens is 974 g/mol. The number of aliphatic hydroxyl groups is 1. The van der Waals surface area contributed by atoms with Crippen LogP contribution in [0.3, 0.4) is 0 Å². The van der Waals surface area contributed by atoms with Gasteiger partial charge in [-0.05, 0) is 74.7 Å². The van der Waals surface area contributed by atoms with Crippen molar-refractivity contribution in [3.63, 3.8) is 0 Å². The van der Waals surface area contributed by atoms with Gasteiger partial charge in [0, 0.05) is 62.2 Å². The van der Waals surface area contributed by atoms with Crippen LogP contribution in [0.15, 0.2) is 34.1 Å². The number of carbonyl (C=O) groups excluding carboxylic acids is 2. The van der Waals surface area contributed by atoms with E-state index in [2.05, 4.69) is 36.9 Å². The number of hydrogen-bond donors (Lipinski definition) is 3. The molecule has 2 saturated carbocycles. The third kappa shape index (κ3) is 12.0. The number of aromatic nitrogens is 4. The molecule has 6 aliphatic heterocycles. The van der Waals surface area contributed by atoms with E-state index in [-0.39, 0.29) is 99.2 Å². The Kier molecular flexibility index (Phi) is 20.4. The lowest BCUT2D eigenvalue weighted by Crippen LogP contribution is -2.51. The highest BCUT2D eigenvalue weighted by atomic mass is 35.7. The normalized spacial score (nSPS) is 31.5. The Morgan fingerprint density at radius 1 is 0.779 bits per heavy atom. The predicted molar refractivity (Wildman–Crippen MR) is 274 cm³/mol. The summed E-state index contributed by atoms with van der Waals surface area (Å²) in [6.07, 6.45) is 16.0. The van der Waals surface area contributed by atoms with Gasteiger partial charge in [0.15, 0.2) is 0 Å². The number of hydrogen-bond acceptors (Lipinski definition) is 14. The van der Waals surface area contributed by atoms with Crippen LogP contribution in [-0.2, 0) is 32.6 Å². The summed E-state index contributed by atoms with van der Waals surface area (Å²) < 4.78 is 38.5. The van der Waals surface area contributed by atoms with Crippen molar-refractivity contribution in [2.24, 2.45) is 11.8 Å². The number of ether oxygens (including phenoxy) is 2. The van der Waals surface area contributed by atoms with Crippen molar-refractivity contribution in [3.8, 4) is 0 Å². The van der Waals surface area contributed by atoms with Gasteiger partial charge in [-0.1, -0.05) is 74.7 Å². The van der Waals surface area contributed by atoms with Crippen molar-refractivity contribution in [1.82, 2.24) is 28.4 Å². The number of nitrogens with one attached hydrogen (secondary N) is 2. The summed E-state index contributed by atoms with van der Waals surface area (Å²) in [6, 6.07) is 4.38. The lowest BCUT2D eigenvalue weighted by molar-refractivity contribution is -0.119. The van der Waals surface area contributed by atoms with E-state index in [9.17, 15) is 24.3 Å². The lowest BCUT2D eigenvalue weighted by atomic mass is 9.86. The molecule has 8 fully saturated rings. The van der Waals surface area contributed by atoms with E-state index >= 15 is 0 Å². The van der Waals surface area contributed by atoms with Crippen molar-refractivity contribution in [3.05, 3.63) is 45.5 Å². The molecule has 2 aliphatic carbocycles. The van der Waals surface area contributed by atoms with E-state index in [4.69, 9.17) is 34.3 Å². The van der Waals surface area contributed by atoms with Crippen LogP contribution in [0.5, 0.6) is 0 Å². The molecule has 8 heterocycles. The van der Waals surface area contributed by atoms with Crippen LogP contribution in [0.1, 0.15) is 151 Å². The lowest BCUT2D eigenvalue weighted by Gasteiger charge is -2.40. The number of nitrogens with zero attached hydrogens (tertiary/aromatic N) is 6. The third-order valence-corrected chi connectivity index (χ3v) is 18.3. The molecule has 8 aliphatic rings. The van der Waals surface area contributed by atoms with Gasteiger partial charge in [-0.2, -0.15) is 37.0 Å². The molecule has 0 aromatic carbocycles. The first-order valence-electron chi connectivity index (χ1n) is 23.8. The number of amides is 2. The van der Waals surface area contributed by atoms with Crippen LogP contribution in [0.4, 0.5) is 11.6 Å². The first-order valence-corrected chi connectivity index (χ1v) is 27.0. The molecule has 0 radical (unpaired) electrons. The van der Waals surface area contributed by atoms with Gasteiger partial charge in [-0.3, -0.25) is 18.7 Å². The molecule has 6 saturated heterocycles. The number of aliphatic hydroxyl groups excluding tert-OH is 1. The fourth-order valence-corrected chi connectivity index (χ4v) is 14.9. The molecule has 2 aromatic rings. The Hall–Kier alpha value is -1.77. The molecule has 2 amide bonds. The van der Waals surface area contributed by atoms with Crippen molar-refractivity contribution in [2.75, 3.05) is 23.7 Å². The number of carbonyl (C=O) groups is 2. The molecule has 4 unspecified atom stereocenters.